The van der Waals surface area contributed by atoms with Crippen molar-refractivity contribution in [3.8, 4) is 16.9 Å². The maximum Gasteiger partial charge on any atom is 0.251 e. The quantitative estimate of drug-likeness (QED) is 0.722. The molecule has 0 spiro atoms. The molecule has 0 radical (unpaired) electrons. The number of nitrogen functional groups attached to an aromatic ring is 1. The maximum absolute atomic E-state index is 12.5. The molecule has 1 aromatic carbocycles. The Morgan fingerprint density at radius 1 is 1.19 bits per heavy atom. The van der Waals surface area contributed by atoms with Crippen molar-refractivity contribution in [2.45, 2.75) is 20.4 Å². The number of nitrogens with two attached hydrogens (primary N) is 1. The molecule has 0 bridgehead atoms. The van der Waals surface area contributed by atoms with Crippen molar-refractivity contribution in [1.82, 2.24) is 20.3 Å². The van der Waals surface area contributed by atoms with E-state index >= 15 is 0 Å². The molecule has 27 heavy (non-hydrogen) atoms. The zero-order valence-electron chi connectivity index (χ0n) is 15.5. The molecule has 0 saturated carbocycles. The van der Waals surface area contributed by atoms with Crippen LogP contribution < -0.4 is 15.8 Å². The Labute approximate surface area is 157 Å². The highest BCUT2D eigenvalue weighted by molar-refractivity contribution is 5.95. The van der Waals surface area contributed by atoms with Crippen molar-refractivity contribution in [1.29, 1.82) is 0 Å². The molecule has 0 fully saturated rings. The Bertz CT molecular complexity index is 971. The summed E-state index contributed by atoms with van der Waals surface area (Å²) in [6, 6.07) is 9.04. The first-order chi connectivity index (χ1) is 13.0. The number of hydrogen-bond acceptors (Lipinski definition) is 6. The number of methoxy groups -OCH3 is 1. The van der Waals surface area contributed by atoms with E-state index < -0.39 is 0 Å². The predicted molar refractivity (Wildman–Crippen MR) is 103 cm³/mol. The molecule has 0 aliphatic heterocycles. The predicted octanol–water partition coefficient (Wildman–Crippen LogP) is 2.68. The smallest absolute Gasteiger partial charge is 0.251 e. The van der Waals surface area contributed by atoms with Crippen LogP contribution in [0.2, 0.25) is 0 Å². The number of pyridine rings is 1. The van der Waals surface area contributed by atoms with Gasteiger partial charge < -0.3 is 15.8 Å². The van der Waals surface area contributed by atoms with Gasteiger partial charge in [-0.25, -0.2) is 4.98 Å². The topological polar surface area (TPSA) is 103 Å². The van der Waals surface area contributed by atoms with E-state index in [4.69, 9.17) is 10.5 Å². The minimum atomic E-state index is -0.204. The molecule has 3 aromatic rings. The van der Waals surface area contributed by atoms with Gasteiger partial charge in [-0.1, -0.05) is 12.1 Å². The third-order valence-electron chi connectivity index (χ3n) is 4.12. The van der Waals surface area contributed by atoms with Crippen molar-refractivity contribution in [2.24, 2.45) is 0 Å². The number of ether oxygens (including phenoxy) is 1. The van der Waals surface area contributed by atoms with Gasteiger partial charge in [0.15, 0.2) is 0 Å². The van der Waals surface area contributed by atoms with Crippen molar-refractivity contribution >= 4 is 11.7 Å². The van der Waals surface area contributed by atoms with Crippen LogP contribution in [0, 0.1) is 13.8 Å². The first-order valence-corrected chi connectivity index (χ1v) is 8.45. The molecule has 138 valence electrons. The highest BCUT2D eigenvalue weighted by Crippen LogP contribution is 2.30. The summed E-state index contributed by atoms with van der Waals surface area (Å²) in [4.78, 5) is 25.2. The van der Waals surface area contributed by atoms with E-state index in [-0.39, 0.29) is 5.91 Å². The van der Waals surface area contributed by atoms with Crippen LogP contribution >= 0.6 is 0 Å². The largest absolute Gasteiger partial charge is 0.495 e. The monoisotopic (exact) mass is 363 g/mol. The highest BCUT2D eigenvalue weighted by Gasteiger charge is 2.12. The fourth-order valence-corrected chi connectivity index (χ4v) is 2.65. The molecule has 0 aliphatic carbocycles. The molecule has 7 nitrogen and oxygen atoms in total. The number of amides is 1. The minimum Gasteiger partial charge on any atom is -0.495 e. The normalized spacial score (nSPS) is 10.5. The summed E-state index contributed by atoms with van der Waals surface area (Å²) in [5, 5.41) is 2.85. The van der Waals surface area contributed by atoms with Crippen LogP contribution in [0.5, 0.6) is 5.75 Å². The van der Waals surface area contributed by atoms with E-state index in [0.717, 1.165) is 16.8 Å². The van der Waals surface area contributed by atoms with Crippen LogP contribution in [0.1, 0.15) is 27.4 Å². The van der Waals surface area contributed by atoms with E-state index in [0.29, 0.717) is 35.1 Å². The fraction of sp³-hybridized carbons (Fsp3) is 0.200. The van der Waals surface area contributed by atoms with E-state index in [1.165, 1.54) is 0 Å². The number of carbonyl (C=O) groups is 1. The van der Waals surface area contributed by atoms with E-state index in [1.807, 2.05) is 32.0 Å². The van der Waals surface area contributed by atoms with E-state index in [9.17, 15) is 4.79 Å². The molecule has 1 amide bonds. The lowest BCUT2D eigenvalue weighted by molar-refractivity contribution is 0.0950. The number of nitrogens with one attached hydrogen (secondary N) is 1. The van der Waals surface area contributed by atoms with Gasteiger partial charge in [0.1, 0.15) is 11.6 Å². The van der Waals surface area contributed by atoms with E-state index in [2.05, 4.69) is 20.3 Å². The number of carbonyl (C=O) groups excluding carboxylic acids is 1. The van der Waals surface area contributed by atoms with Crippen molar-refractivity contribution in [3.63, 3.8) is 0 Å². The number of nitrogens with zero attached hydrogens (tertiary/aromatic N) is 3. The van der Waals surface area contributed by atoms with E-state index in [1.54, 1.807) is 31.6 Å². The maximum atomic E-state index is 12.5. The highest BCUT2D eigenvalue weighted by atomic mass is 16.5. The third-order valence-corrected chi connectivity index (χ3v) is 4.12. The summed E-state index contributed by atoms with van der Waals surface area (Å²) in [7, 11) is 1.59. The van der Waals surface area contributed by atoms with Crippen LogP contribution in [0.15, 0.2) is 42.7 Å². The number of hydrogen-bond donors (Lipinski definition) is 2. The van der Waals surface area contributed by atoms with Crippen LogP contribution in [-0.4, -0.2) is 28.0 Å². The summed E-state index contributed by atoms with van der Waals surface area (Å²) in [5.41, 5.74) is 10.3. The lowest BCUT2D eigenvalue weighted by atomic mass is 10.0. The van der Waals surface area contributed by atoms with Crippen LogP contribution in [-0.2, 0) is 6.54 Å². The van der Waals surface area contributed by atoms with Gasteiger partial charge >= 0.3 is 0 Å². The molecule has 2 aromatic heterocycles. The summed E-state index contributed by atoms with van der Waals surface area (Å²) >= 11 is 0. The molecular weight excluding hydrogens is 342 g/mol. The van der Waals surface area contributed by atoms with Crippen molar-refractivity contribution < 1.29 is 9.53 Å². The Hall–Kier alpha value is -3.48. The first kappa shape index (κ1) is 18.3. The second-order valence-corrected chi connectivity index (χ2v) is 6.12. The molecule has 0 atom stereocenters. The summed E-state index contributed by atoms with van der Waals surface area (Å²) in [5.74, 6) is 0.831. The zero-order valence-corrected chi connectivity index (χ0v) is 15.5. The molecule has 3 N–H and O–H groups in total. The summed E-state index contributed by atoms with van der Waals surface area (Å²) in [6.07, 6.45) is 3.32. The molecule has 0 unspecified atom stereocenters. The summed E-state index contributed by atoms with van der Waals surface area (Å²) in [6.45, 7) is 4.00. The molecule has 0 aliphatic rings. The SMILES string of the molecule is COc1cc(-c2cccc(C(=O)NCc3cnc(C)cn3)c2)c(N)nc1C. The minimum absolute atomic E-state index is 0.204. The third kappa shape index (κ3) is 4.20. The number of aromatic nitrogens is 3. The van der Waals surface area contributed by atoms with Gasteiger partial charge in [0.05, 0.1) is 36.9 Å². The van der Waals surface area contributed by atoms with Crippen molar-refractivity contribution in [2.75, 3.05) is 12.8 Å². The van der Waals surface area contributed by atoms with Gasteiger partial charge in [-0.05, 0) is 37.6 Å². The second kappa shape index (κ2) is 7.82. The Balaban J connectivity index is 1.81. The molecule has 3 rings (SSSR count). The van der Waals surface area contributed by atoms with Gasteiger partial charge in [0.25, 0.3) is 5.91 Å². The lowest BCUT2D eigenvalue weighted by Crippen LogP contribution is -2.23. The molecule has 2 heterocycles. The lowest BCUT2D eigenvalue weighted by Gasteiger charge is -2.11. The first-order valence-electron chi connectivity index (χ1n) is 8.45. The number of aryl methyl sites for hydroxylation is 2. The fourth-order valence-electron chi connectivity index (χ4n) is 2.65. The average molecular weight is 363 g/mol. The average Bonchev–Trinajstić information content (AvgIpc) is 2.67. The number of benzene rings is 1. The molecule has 7 heteroatoms. The van der Waals surface area contributed by atoms with Crippen LogP contribution in [0.3, 0.4) is 0 Å². The van der Waals surface area contributed by atoms with Crippen molar-refractivity contribution in [3.05, 3.63) is 65.4 Å². The summed E-state index contributed by atoms with van der Waals surface area (Å²) < 4.78 is 5.33. The Morgan fingerprint density at radius 3 is 2.70 bits per heavy atom. The van der Waals surface area contributed by atoms with Gasteiger partial charge in [0, 0.05) is 17.3 Å². The number of rotatable bonds is 5. The number of anilines is 1. The van der Waals surface area contributed by atoms with Gasteiger partial charge in [-0.2, -0.15) is 0 Å². The Kier molecular flexibility index (Phi) is 5.30. The zero-order chi connectivity index (χ0) is 19.4. The molecule has 0 saturated heterocycles. The van der Waals surface area contributed by atoms with Gasteiger partial charge in [-0.3, -0.25) is 14.8 Å². The van der Waals surface area contributed by atoms with Crippen LogP contribution in [0.4, 0.5) is 5.82 Å². The van der Waals surface area contributed by atoms with Gasteiger partial charge in [-0.15, -0.1) is 0 Å². The second-order valence-electron chi connectivity index (χ2n) is 6.12. The van der Waals surface area contributed by atoms with Crippen LogP contribution in [0.25, 0.3) is 11.1 Å². The molecular formula is C20H21N5O2. The van der Waals surface area contributed by atoms with Gasteiger partial charge in [0.2, 0.25) is 0 Å². The Morgan fingerprint density at radius 2 is 2.00 bits per heavy atom. The standard InChI is InChI=1S/C20H21N5O2/c1-12-9-23-16(10-22-12)11-24-20(26)15-6-4-5-14(7-15)17-8-18(27-3)13(2)25-19(17)21/h4-10H,11H2,1-3H3,(H2,21,25)(H,24,26).